The summed E-state index contributed by atoms with van der Waals surface area (Å²) in [6, 6.07) is 7.01. The van der Waals surface area contributed by atoms with Crippen molar-refractivity contribution in [2.45, 2.75) is 19.3 Å². The first-order chi connectivity index (χ1) is 10.6. The molecule has 0 spiro atoms. The van der Waals surface area contributed by atoms with Crippen molar-refractivity contribution >= 4 is 39.3 Å². The Bertz CT molecular complexity index is 577. The van der Waals surface area contributed by atoms with Gasteiger partial charge in [-0.05, 0) is 31.0 Å². The van der Waals surface area contributed by atoms with Crippen LogP contribution in [0.25, 0.3) is 0 Å². The molecule has 0 unspecified atom stereocenters. The number of carbonyl (C=O) groups is 3. The van der Waals surface area contributed by atoms with Crippen molar-refractivity contribution in [2.75, 3.05) is 25.0 Å². The van der Waals surface area contributed by atoms with Crippen LogP contribution in [0.3, 0.4) is 0 Å². The van der Waals surface area contributed by atoms with Crippen LogP contribution < -0.4 is 10.6 Å². The van der Waals surface area contributed by atoms with Crippen molar-refractivity contribution in [2.24, 2.45) is 0 Å². The van der Waals surface area contributed by atoms with Crippen molar-refractivity contribution in [3.05, 3.63) is 28.7 Å². The molecule has 0 bridgehead atoms. The van der Waals surface area contributed by atoms with E-state index in [-0.39, 0.29) is 5.91 Å². The lowest BCUT2D eigenvalue weighted by Crippen LogP contribution is -2.37. The number of halogens is 1. The zero-order valence-corrected chi connectivity index (χ0v) is 13.7. The van der Waals surface area contributed by atoms with Crippen molar-refractivity contribution in [3.8, 4) is 0 Å². The predicted octanol–water partition coefficient (Wildman–Crippen LogP) is 1.52. The van der Waals surface area contributed by atoms with E-state index in [0.717, 1.165) is 17.4 Å². The molecule has 1 aromatic carbocycles. The average molecular weight is 368 g/mol. The number of hydrogen-bond acceptors (Lipinski definition) is 3. The van der Waals surface area contributed by atoms with E-state index < -0.39 is 11.8 Å². The van der Waals surface area contributed by atoms with Gasteiger partial charge in [0.1, 0.15) is 0 Å². The summed E-state index contributed by atoms with van der Waals surface area (Å²) in [4.78, 5) is 36.6. The summed E-state index contributed by atoms with van der Waals surface area (Å²) in [6.07, 6.45) is 2.16. The van der Waals surface area contributed by atoms with Crippen molar-refractivity contribution in [1.29, 1.82) is 0 Å². The zero-order valence-electron chi connectivity index (χ0n) is 12.1. The Morgan fingerprint density at radius 2 is 2.09 bits per heavy atom. The lowest BCUT2D eigenvalue weighted by Gasteiger charge is -2.15. The average Bonchev–Trinajstić information content (AvgIpc) is 2.88. The quantitative estimate of drug-likeness (QED) is 0.611. The highest BCUT2D eigenvalue weighted by Gasteiger charge is 2.19. The third kappa shape index (κ3) is 4.84. The minimum atomic E-state index is -0.699. The Labute approximate surface area is 137 Å². The molecule has 1 aliphatic rings. The van der Waals surface area contributed by atoms with E-state index in [4.69, 9.17) is 0 Å². The molecule has 1 saturated heterocycles. The molecule has 2 N–H and O–H groups in total. The van der Waals surface area contributed by atoms with Crippen LogP contribution in [0.2, 0.25) is 0 Å². The molecule has 2 rings (SSSR count). The Morgan fingerprint density at radius 3 is 2.77 bits per heavy atom. The molecular formula is C15H18BrN3O3. The van der Waals surface area contributed by atoms with Gasteiger partial charge in [-0.3, -0.25) is 14.4 Å². The van der Waals surface area contributed by atoms with E-state index in [9.17, 15) is 14.4 Å². The summed E-state index contributed by atoms with van der Waals surface area (Å²) < 4.78 is 0.820. The molecule has 22 heavy (non-hydrogen) atoms. The second-order valence-corrected chi connectivity index (χ2v) is 5.97. The molecule has 0 radical (unpaired) electrons. The number of hydrogen-bond donors (Lipinski definition) is 2. The molecule has 6 nitrogen and oxygen atoms in total. The Hall–Kier alpha value is -1.89. The molecule has 0 aliphatic carbocycles. The van der Waals surface area contributed by atoms with Gasteiger partial charge in [-0.1, -0.05) is 22.0 Å². The highest BCUT2D eigenvalue weighted by atomic mass is 79.9. The lowest BCUT2D eigenvalue weighted by atomic mass is 10.3. The number of likely N-dealkylation sites (tertiary alicyclic amines) is 1. The van der Waals surface area contributed by atoms with Crippen molar-refractivity contribution in [1.82, 2.24) is 10.2 Å². The fourth-order valence-electron chi connectivity index (χ4n) is 2.25. The third-order valence-electron chi connectivity index (χ3n) is 3.35. The monoisotopic (exact) mass is 367 g/mol. The number of amides is 3. The first kappa shape index (κ1) is 16.5. The second kappa shape index (κ2) is 7.93. The standard InChI is InChI=1S/C15H18BrN3O3/c16-11-4-1-5-12(10-11)18-15(22)14(21)17-7-3-9-19-8-2-6-13(19)20/h1,4-5,10H,2-3,6-9H2,(H,17,21)(H,18,22). The summed E-state index contributed by atoms with van der Waals surface area (Å²) >= 11 is 3.29. The van der Waals surface area contributed by atoms with Gasteiger partial charge in [0.2, 0.25) is 5.91 Å². The van der Waals surface area contributed by atoms with E-state index in [1.54, 1.807) is 23.1 Å². The fraction of sp³-hybridized carbons (Fsp3) is 0.400. The molecular weight excluding hydrogens is 350 g/mol. The fourth-order valence-corrected chi connectivity index (χ4v) is 2.65. The molecule has 118 valence electrons. The molecule has 0 atom stereocenters. The number of nitrogens with zero attached hydrogens (tertiary/aromatic N) is 1. The Morgan fingerprint density at radius 1 is 1.27 bits per heavy atom. The van der Waals surface area contributed by atoms with Gasteiger partial charge in [-0.15, -0.1) is 0 Å². The molecule has 1 fully saturated rings. The predicted molar refractivity (Wildman–Crippen MR) is 86.2 cm³/mol. The van der Waals surface area contributed by atoms with Gasteiger partial charge in [0.25, 0.3) is 0 Å². The van der Waals surface area contributed by atoms with Crippen LogP contribution in [-0.2, 0) is 14.4 Å². The van der Waals surface area contributed by atoms with Crippen LogP contribution in [0.1, 0.15) is 19.3 Å². The van der Waals surface area contributed by atoms with E-state index in [1.807, 2.05) is 6.07 Å². The van der Waals surface area contributed by atoms with E-state index in [0.29, 0.717) is 31.6 Å². The van der Waals surface area contributed by atoms with Gasteiger partial charge in [0.05, 0.1) is 0 Å². The number of rotatable bonds is 5. The van der Waals surface area contributed by atoms with E-state index >= 15 is 0 Å². The van der Waals surface area contributed by atoms with Crippen LogP contribution in [0, 0.1) is 0 Å². The van der Waals surface area contributed by atoms with Crippen LogP contribution in [0.15, 0.2) is 28.7 Å². The van der Waals surface area contributed by atoms with Crippen LogP contribution >= 0.6 is 15.9 Å². The van der Waals surface area contributed by atoms with Crippen LogP contribution in [0.5, 0.6) is 0 Å². The molecule has 1 heterocycles. The second-order valence-electron chi connectivity index (χ2n) is 5.06. The Kier molecular flexibility index (Phi) is 5.94. The molecule has 0 saturated carbocycles. The van der Waals surface area contributed by atoms with E-state index in [2.05, 4.69) is 26.6 Å². The SMILES string of the molecule is O=C(NCCCN1CCCC1=O)C(=O)Nc1cccc(Br)c1. The first-order valence-electron chi connectivity index (χ1n) is 7.19. The summed E-state index contributed by atoms with van der Waals surface area (Å²) in [7, 11) is 0. The summed E-state index contributed by atoms with van der Waals surface area (Å²) in [5.74, 6) is -1.21. The van der Waals surface area contributed by atoms with Crippen LogP contribution in [0.4, 0.5) is 5.69 Å². The Balaban J connectivity index is 1.68. The minimum Gasteiger partial charge on any atom is -0.348 e. The van der Waals surface area contributed by atoms with Gasteiger partial charge >= 0.3 is 11.8 Å². The summed E-state index contributed by atoms with van der Waals surface area (Å²) in [5.41, 5.74) is 0.553. The van der Waals surface area contributed by atoms with Gasteiger partial charge in [0, 0.05) is 36.2 Å². The third-order valence-corrected chi connectivity index (χ3v) is 3.84. The minimum absolute atomic E-state index is 0.165. The molecule has 1 aliphatic heterocycles. The topological polar surface area (TPSA) is 78.5 Å². The number of anilines is 1. The first-order valence-corrected chi connectivity index (χ1v) is 7.98. The van der Waals surface area contributed by atoms with E-state index in [1.165, 1.54) is 0 Å². The van der Waals surface area contributed by atoms with Gasteiger partial charge < -0.3 is 15.5 Å². The van der Waals surface area contributed by atoms with Gasteiger partial charge in [0.15, 0.2) is 0 Å². The van der Waals surface area contributed by atoms with Crippen LogP contribution in [-0.4, -0.2) is 42.3 Å². The van der Waals surface area contributed by atoms with Crippen molar-refractivity contribution < 1.29 is 14.4 Å². The van der Waals surface area contributed by atoms with Gasteiger partial charge in [-0.25, -0.2) is 0 Å². The summed E-state index contributed by atoms with van der Waals surface area (Å²) in [5, 5.41) is 5.08. The lowest BCUT2D eigenvalue weighted by molar-refractivity contribution is -0.136. The highest BCUT2D eigenvalue weighted by Crippen LogP contribution is 2.15. The normalized spacial score (nSPS) is 14.0. The maximum atomic E-state index is 11.7. The van der Waals surface area contributed by atoms with Crippen molar-refractivity contribution in [3.63, 3.8) is 0 Å². The smallest absolute Gasteiger partial charge is 0.313 e. The number of benzene rings is 1. The number of nitrogens with one attached hydrogen (secondary N) is 2. The largest absolute Gasteiger partial charge is 0.348 e. The van der Waals surface area contributed by atoms with Gasteiger partial charge in [-0.2, -0.15) is 0 Å². The maximum Gasteiger partial charge on any atom is 0.313 e. The zero-order chi connectivity index (χ0) is 15.9. The maximum absolute atomic E-state index is 11.7. The molecule has 1 aromatic rings. The summed E-state index contributed by atoms with van der Waals surface area (Å²) in [6.45, 7) is 1.77. The molecule has 7 heteroatoms. The molecule has 0 aromatic heterocycles. The number of carbonyl (C=O) groups excluding carboxylic acids is 3. The molecule has 3 amide bonds. The highest BCUT2D eigenvalue weighted by molar-refractivity contribution is 9.10.